The van der Waals surface area contributed by atoms with Crippen LogP contribution < -0.4 is 0 Å². The van der Waals surface area contributed by atoms with Crippen LogP contribution in [0.2, 0.25) is 0 Å². The SMILES string of the molecule is CCCCN(Cc1ccco1)C(=O)C1CCOC1. The van der Waals surface area contributed by atoms with Gasteiger partial charge in [0.2, 0.25) is 5.91 Å². The second-order valence-electron chi connectivity index (χ2n) is 4.75. The number of nitrogens with zero attached hydrogens (tertiary/aromatic N) is 1. The molecule has 100 valence electrons. The molecule has 18 heavy (non-hydrogen) atoms. The van der Waals surface area contributed by atoms with Gasteiger partial charge in [-0.2, -0.15) is 0 Å². The summed E-state index contributed by atoms with van der Waals surface area (Å²) >= 11 is 0. The molecule has 0 N–H and O–H groups in total. The second-order valence-corrected chi connectivity index (χ2v) is 4.75. The molecule has 1 aliphatic rings. The topological polar surface area (TPSA) is 42.7 Å². The summed E-state index contributed by atoms with van der Waals surface area (Å²) in [4.78, 5) is 14.3. The van der Waals surface area contributed by atoms with Crippen molar-refractivity contribution >= 4 is 5.91 Å². The molecule has 0 spiro atoms. The summed E-state index contributed by atoms with van der Waals surface area (Å²) in [5.41, 5.74) is 0. The van der Waals surface area contributed by atoms with E-state index in [0.717, 1.165) is 31.6 Å². The molecule has 0 aliphatic carbocycles. The van der Waals surface area contributed by atoms with E-state index in [0.29, 0.717) is 19.8 Å². The Balaban J connectivity index is 1.96. The molecule has 1 aromatic rings. The van der Waals surface area contributed by atoms with Crippen LogP contribution >= 0.6 is 0 Å². The standard InChI is InChI=1S/C14H21NO3/c1-2-3-7-15(10-13-5-4-8-18-13)14(16)12-6-9-17-11-12/h4-5,8,12H,2-3,6-7,9-11H2,1H3. The number of amides is 1. The normalized spacial score (nSPS) is 19.1. The average Bonchev–Trinajstić information content (AvgIpc) is 3.06. The van der Waals surface area contributed by atoms with E-state index in [2.05, 4.69) is 6.92 Å². The fraction of sp³-hybridized carbons (Fsp3) is 0.643. The Morgan fingerprint density at radius 2 is 2.44 bits per heavy atom. The van der Waals surface area contributed by atoms with Crippen molar-refractivity contribution in [3.8, 4) is 0 Å². The average molecular weight is 251 g/mol. The Morgan fingerprint density at radius 3 is 3.06 bits per heavy atom. The number of carbonyl (C=O) groups excluding carboxylic acids is 1. The number of furan rings is 1. The van der Waals surface area contributed by atoms with Crippen molar-refractivity contribution in [2.24, 2.45) is 5.92 Å². The Hall–Kier alpha value is -1.29. The maximum Gasteiger partial charge on any atom is 0.228 e. The summed E-state index contributed by atoms with van der Waals surface area (Å²) < 4.78 is 10.6. The van der Waals surface area contributed by atoms with E-state index in [4.69, 9.17) is 9.15 Å². The van der Waals surface area contributed by atoms with Gasteiger partial charge in [-0.3, -0.25) is 4.79 Å². The maximum absolute atomic E-state index is 12.4. The third-order valence-electron chi connectivity index (χ3n) is 3.30. The van der Waals surface area contributed by atoms with Crippen molar-refractivity contribution in [1.29, 1.82) is 0 Å². The molecule has 1 atom stereocenters. The first-order valence-corrected chi connectivity index (χ1v) is 6.70. The molecule has 1 aliphatic heterocycles. The summed E-state index contributed by atoms with van der Waals surface area (Å²) in [7, 11) is 0. The zero-order valence-corrected chi connectivity index (χ0v) is 10.9. The molecule has 0 saturated carbocycles. The van der Waals surface area contributed by atoms with Gasteiger partial charge < -0.3 is 14.1 Å². The molecule has 0 aromatic carbocycles. The van der Waals surface area contributed by atoms with Crippen molar-refractivity contribution in [2.75, 3.05) is 19.8 Å². The summed E-state index contributed by atoms with van der Waals surface area (Å²) in [6, 6.07) is 3.77. The van der Waals surface area contributed by atoms with Crippen molar-refractivity contribution < 1.29 is 13.9 Å². The quantitative estimate of drug-likeness (QED) is 0.780. The van der Waals surface area contributed by atoms with E-state index in [1.807, 2.05) is 17.0 Å². The molecule has 2 rings (SSSR count). The summed E-state index contributed by atoms with van der Waals surface area (Å²) in [5.74, 6) is 1.09. The number of ether oxygens (including phenoxy) is 1. The molecule has 1 saturated heterocycles. The van der Waals surface area contributed by atoms with Crippen molar-refractivity contribution in [3.63, 3.8) is 0 Å². The number of hydrogen-bond acceptors (Lipinski definition) is 3. The number of hydrogen-bond donors (Lipinski definition) is 0. The van der Waals surface area contributed by atoms with Gasteiger partial charge in [0.1, 0.15) is 5.76 Å². The molecule has 1 amide bonds. The Bertz CT molecular complexity index is 355. The molecule has 4 nitrogen and oxygen atoms in total. The fourth-order valence-corrected chi connectivity index (χ4v) is 2.19. The highest BCUT2D eigenvalue weighted by molar-refractivity contribution is 5.79. The molecule has 1 fully saturated rings. The van der Waals surface area contributed by atoms with Gasteiger partial charge in [0, 0.05) is 13.2 Å². The monoisotopic (exact) mass is 251 g/mol. The molecule has 1 unspecified atom stereocenters. The lowest BCUT2D eigenvalue weighted by Crippen LogP contribution is -2.36. The van der Waals surface area contributed by atoms with Gasteiger partial charge in [-0.25, -0.2) is 0 Å². The van der Waals surface area contributed by atoms with E-state index >= 15 is 0 Å². The number of rotatable bonds is 6. The van der Waals surface area contributed by atoms with E-state index in [1.54, 1.807) is 6.26 Å². The Morgan fingerprint density at radius 1 is 1.56 bits per heavy atom. The van der Waals surface area contributed by atoms with Gasteiger partial charge in [0.15, 0.2) is 0 Å². The van der Waals surface area contributed by atoms with Gasteiger partial charge in [-0.15, -0.1) is 0 Å². The van der Waals surface area contributed by atoms with Crippen LogP contribution in [-0.2, 0) is 16.1 Å². The van der Waals surface area contributed by atoms with Crippen LogP contribution in [0.25, 0.3) is 0 Å². The van der Waals surface area contributed by atoms with Gasteiger partial charge >= 0.3 is 0 Å². The molecule has 0 bridgehead atoms. The minimum absolute atomic E-state index is 0.0387. The molecule has 4 heteroatoms. The largest absolute Gasteiger partial charge is 0.467 e. The third-order valence-corrected chi connectivity index (χ3v) is 3.30. The zero-order valence-electron chi connectivity index (χ0n) is 10.9. The number of unbranched alkanes of at least 4 members (excludes halogenated alkanes) is 1. The van der Waals surface area contributed by atoms with Crippen molar-refractivity contribution in [2.45, 2.75) is 32.7 Å². The Labute approximate surface area is 108 Å². The van der Waals surface area contributed by atoms with Crippen LogP contribution in [0.5, 0.6) is 0 Å². The van der Waals surface area contributed by atoms with Crippen molar-refractivity contribution in [1.82, 2.24) is 4.90 Å². The molecule has 1 aromatic heterocycles. The highest BCUT2D eigenvalue weighted by atomic mass is 16.5. The van der Waals surface area contributed by atoms with E-state index in [9.17, 15) is 4.79 Å². The van der Waals surface area contributed by atoms with Crippen LogP contribution in [0.3, 0.4) is 0 Å². The van der Waals surface area contributed by atoms with Crippen molar-refractivity contribution in [3.05, 3.63) is 24.2 Å². The predicted molar refractivity (Wildman–Crippen MR) is 68.0 cm³/mol. The van der Waals surface area contributed by atoms with Gasteiger partial charge in [0.25, 0.3) is 0 Å². The van der Waals surface area contributed by atoms with E-state index < -0.39 is 0 Å². The predicted octanol–water partition coefficient (Wildman–Crippen LogP) is 2.44. The highest BCUT2D eigenvalue weighted by Crippen LogP contribution is 2.18. The van der Waals surface area contributed by atoms with Gasteiger partial charge in [-0.05, 0) is 25.0 Å². The second kappa shape index (κ2) is 6.59. The number of carbonyl (C=O) groups is 1. The van der Waals surface area contributed by atoms with Crippen LogP contribution in [0.15, 0.2) is 22.8 Å². The minimum Gasteiger partial charge on any atom is -0.467 e. The molecule has 2 heterocycles. The van der Waals surface area contributed by atoms with Crippen LogP contribution in [0.1, 0.15) is 31.9 Å². The van der Waals surface area contributed by atoms with Crippen LogP contribution in [-0.4, -0.2) is 30.6 Å². The lowest BCUT2D eigenvalue weighted by atomic mass is 10.1. The molecular weight excluding hydrogens is 230 g/mol. The molecule has 0 radical (unpaired) electrons. The first kappa shape index (κ1) is 13.1. The lowest BCUT2D eigenvalue weighted by molar-refractivity contribution is -0.136. The smallest absolute Gasteiger partial charge is 0.228 e. The molecular formula is C14H21NO3. The van der Waals surface area contributed by atoms with Crippen LogP contribution in [0.4, 0.5) is 0 Å². The zero-order chi connectivity index (χ0) is 12.8. The third kappa shape index (κ3) is 3.35. The lowest BCUT2D eigenvalue weighted by Gasteiger charge is -2.24. The first-order valence-electron chi connectivity index (χ1n) is 6.70. The highest BCUT2D eigenvalue weighted by Gasteiger charge is 2.28. The minimum atomic E-state index is 0.0387. The van der Waals surface area contributed by atoms with Crippen LogP contribution in [0, 0.1) is 5.92 Å². The van der Waals surface area contributed by atoms with Gasteiger partial charge in [0.05, 0.1) is 25.3 Å². The Kier molecular flexibility index (Phi) is 4.81. The summed E-state index contributed by atoms with van der Waals surface area (Å²) in [6.45, 7) is 4.78. The summed E-state index contributed by atoms with van der Waals surface area (Å²) in [6.07, 6.45) is 4.61. The van der Waals surface area contributed by atoms with E-state index in [1.165, 1.54) is 0 Å². The first-order chi connectivity index (χ1) is 8.81. The van der Waals surface area contributed by atoms with Gasteiger partial charge in [-0.1, -0.05) is 13.3 Å². The summed E-state index contributed by atoms with van der Waals surface area (Å²) in [5, 5.41) is 0. The van der Waals surface area contributed by atoms with E-state index in [-0.39, 0.29) is 11.8 Å². The maximum atomic E-state index is 12.4. The fourth-order valence-electron chi connectivity index (χ4n) is 2.19.